The fourth-order valence-corrected chi connectivity index (χ4v) is 4.09. The second kappa shape index (κ2) is 5.97. The molecule has 2 heterocycles. The van der Waals surface area contributed by atoms with Crippen molar-refractivity contribution in [3.05, 3.63) is 45.1 Å². The van der Waals surface area contributed by atoms with Gasteiger partial charge in [0.25, 0.3) is 0 Å². The highest BCUT2D eigenvalue weighted by Crippen LogP contribution is 2.46. The van der Waals surface area contributed by atoms with Gasteiger partial charge >= 0.3 is 6.03 Å². The van der Waals surface area contributed by atoms with E-state index in [-0.39, 0.29) is 11.6 Å². The molecule has 6 nitrogen and oxygen atoms in total. The van der Waals surface area contributed by atoms with Gasteiger partial charge in [0.05, 0.1) is 10.0 Å². The highest BCUT2D eigenvalue weighted by molar-refractivity contribution is 6.42. The maximum Gasteiger partial charge on any atom is 0.326 e. The van der Waals surface area contributed by atoms with Crippen LogP contribution in [0.2, 0.25) is 10.0 Å². The number of imide groups is 1. The summed E-state index contributed by atoms with van der Waals surface area (Å²) in [6, 6.07) is 4.49. The summed E-state index contributed by atoms with van der Waals surface area (Å²) >= 11 is 12.5. The monoisotopic (exact) mass is 377 g/mol. The standard InChI is InChI=1S/C17H13Cl2N3O3/c18-8-4-1-3-7(14(8)19)11-12-9(5-2-6-10(12)23)20-15-13(11)16(24)22-17(25)21-15/h1,3-4,11,13H,2,5-6H2,(H2,20,21,22,24,25). The van der Waals surface area contributed by atoms with Gasteiger partial charge in [-0.3, -0.25) is 20.2 Å². The number of benzene rings is 1. The van der Waals surface area contributed by atoms with Crippen LogP contribution in [0, 0.1) is 5.92 Å². The average Bonchev–Trinajstić information content (AvgIpc) is 2.55. The number of carbonyl (C=O) groups is 3. The van der Waals surface area contributed by atoms with Crippen LogP contribution in [0.1, 0.15) is 30.7 Å². The van der Waals surface area contributed by atoms with Crippen LogP contribution < -0.4 is 10.6 Å². The van der Waals surface area contributed by atoms with Crippen LogP contribution >= 0.6 is 23.2 Å². The first-order chi connectivity index (χ1) is 12.0. The van der Waals surface area contributed by atoms with Crippen molar-refractivity contribution in [2.45, 2.75) is 25.2 Å². The molecule has 2 aliphatic heterocycles. The van der Waals surface area contributed by atoms with Crippen molar-refractivity contribution in [1.29, 1.82) is 0 Å². The molecule has 8 heteroatoms. The Morgan fingerprint density at radius 3 is 2.64 bits per heavy atom. The number of rotatable bonds is 1. The molecule has 3 aliphatic rings. The Morgan fingerprint density at radius 2 is 1.84 bits per heavy atom. The predicted molar refractivity (Wildman–Crippen MR) is 92.7 cm³/mol. The normalized spacial score (nSPS) is 25.7. The molecule has 3 amide bonds. The summed E-state index contributed by atoms with van der Waals surface area (Å²) in [6.07, 6.45) is 1.71. The van der Waals surface area contributed by atoms with Crippen molar-refractivity contribution in [3.8, 4) is 0 Å². The van der Waals surface area contributed by atoms with Gasteiger partial charge in [0.15, 0.2) is 5.78 Å². The number of aliphatic imine (C=N–C) groups is 1. The molecule has 1 saturated heterocycles. The van der Waals surface area contributed by atoms with E-state index in [1.54, 1.807) is 18.2 Å². The number of allylic oxidation sites excluding steroid dienone is 2. The lowest BCUT2D eigenvalue weighted by atomic mass is 9.72. The molecule has 128 valence electrons. The average molecular weight is 378 g/mol. The number of ketones is 1. The topological polar surface area (TPSA) is 87.6 Å². The minimum atomic E-state index is -0.825. The van der Waals surface area contributed by atoms with Crippen molar-refractivity contribution >= 4 is 46.8 Å². The maximum absolute atomic E-state index is 12.6. The van der Waals surface area contributed by atoms with E-state index in [0.717, 1.165) is 0 Å². The number of hydrogen-bond acceptors (Lipinski definition) is 4. The summed E-state index contributed by atoms with van der Waals surface area (Å²) in [5.74, 6) is -1.75. The predicted octanol–water partition coefficient (Wildman–Crippen LogP) is 2.95. The van der Waals surface area contributed by atoms with Crippen LogP contribution in [0.15, 0.2) is 34.5 Å². The number of halogens is 2. The Kier molecular flexibility index (Phi) is 3.89. The first kappa shape index (κ1) is 16.3. The first-order valence-electron chi connectivity index (χ1n) is 7.88. The number of nitrogens with zero attached hydrogens (tertiary/aromatic N) is 1. The van der Waals surface area contributed by atoms with E-state index in [2.05, 4.69) is 15.6 Å². The summed E-state index contributed by atoms with van der Waals surface area (Å²) in [7, 11) is 0. The summed E-state index contributed by atoms with van der Waals surface area (Å²) < 4.78 is 0. The molecule has 1 fully saturated rings. The quantitative estimate of drug-likeness (QED) is 0.788. The van der Waals surface area contributed by atoms with Crippen molar-refractivity contribution in [2.24, 2.45) is 10.9 Å². The van der Waals surface area contributed by atoms with Gasteiger partial charge in [0.1, 0.15) is 11.8 Å². The van der Waals surface area contributed by atoms with E-state index in [1.165, 1.54) is 0 Å². The van der Waals surface area contributed by atoms with E-state index in [0.29, 0.717) is 46.1 Å². The molecule has 0 aromatic heterocycles. The molecule has 4 rings (SSSR count). The number of amides is 3. The van der Waals surface area contributed by atoms with Gasteiger partial charge in [0.2, 0.25) is 5.91 Å². The summed E-state index contributed by atoms with van der Waals surface area (Å²) in [5.41, 5.74) is 1.69. The third-order valence-corrected chi connectivity index (χ3v) is 5.53. The van der Waals surface area contributed by atoms with Crippen LogP contribution in [-0.4, -0.2) is 23.6 Å². The van der Waals surface area contributed by atoms with Crippen LogP contribution in [0.4, 0.5) is 4.79 Å². The van der Waals surface area contributed by atoms with E-state index in [1.807, 2.05) is 0 Å². The molecule has 0 radical (unpaired) electrons. The Bertz CT molecular complexity index is 891. The molecular weight excluding hydrogens is 365 g/mol. The third-order valence-electron chi connectivity index (χ3n) is 4.70. The number of hydrogen-bond donors (Lipinski definition) is 2. The van der Waals surface area contributed by atoms with E-state index in [4.69, 9.17) is 23.2 Å². The SMILES string of the molecule is O=C1NC(=O)C2C(=NC3=C(C(=O)CCC3)C2c2cccc(Cl)c2Cl)N1. The van der Waals surface area contributed by atoms with Gasteiger partial charge in [-0.1, -0.05) is 35.3 Å². The molecule has 0 saturated carbocycles. The van der Waals surface area contributed by atoms with Crippen molar-refractivity contribution in [3.63, 3.8) is 0 Å². The molecule has 1 aromatic carbocycles. The second-order valence-corrected chi connectivity index (χ2v) is 6.96. The van der Waals surface area contributed by atoms with Gasteiger partial charge in [-0.15, -0.1) is 0 Å². The molecule has 1 aromatic rings. The van der Waals surface area contributed by atoms with Crippen LogP contribution in [-0.2, 0) is 9.59 Å². The Hall–Kier alpha value is -2.18. The van der Waals surface area contributed by atoms with Gasteiger partial charge in [0, 0.05) is 23.6 Å². The van der Waals surface area contributed by atoms with E-state index < -0.39 is 23.8 Å². The number of amidine groups is 1. The minimum absolute atomic E-state index is 0.0465. The van der Waals surface area contributed by atoms with Crippen molar-refractivity contribution < 1.29 is 14.4 Å². The van der Waals surface area contributed by atoms with Crippen molar-refractivity contribution in [2.75, 3.05) is 0 Å². The zero-order valence-corrected chi connectivity index (χ0v) is 14.4. The lowest BCUT2D eigenvalue weighted by Crippen LogP contribution is -2.58. The summed E-state index contributed by atoms with van der Waals surface area (Å²) in [6.45, 7) is 0. The van der Waals surface area contributed by atoms with Gasteiger partial charge in [-0.05, 0) is 24.5 Å². The Morgan fingerprint density at radius 1 is 1.04 bits per heavy atom. The molecule has 0 bridgehead atoms. The minimum Gasteiger partial charge on any atom is -0.295 e. The molecule has 1 aliphatic carbocycles. The fourth-order valence-electron chi connectivity index (χ4n) is 3.67. The number of nitrogens with one attached hydrogen (secondary N) is 2. The zero-order valence-electron chi connectivity index (χ0n) is 12.9. The smallest absolute Gasteiger partial charge is 0.295 e. The first-order valence-corrected chi connectivity index (χ1v) is 8.63. The largest absolute Gasteiger partial charge is 0.326 e. The molecule has 2 unspecified atom stereocenters. The zero-order chi connectivity index (χ0) is 17.7. The van der Waals surface area contributed by atoms with Gasteiger partial charge in [-0.25, -0.2) is 9.79 Å². The summed E-state index contributed by atoms with van der Waals surface area (Å²) in [5, 5.41) is 5.47. The number of fused-ring (bicyclic) bond motifs is 1. The van der Waals surface area contributed by atoms with Crippen LogP contribution in [0.5, 0.6) is 0 Å². The van der Waals surface area contributed by atoms with Gasteiger partial charge < -0.3 is 0 Å². The van der Waals surface area contributed by atoms with Crippen LogP contribution in [0.3, 0.4) is 0 Å². The number of Topliss-reactive ketones (excluding diaryl/α,β-unsaturated/α-hetero) is 1. The van der Waals surface area contributed by atoms with E-state index >= 15 is 0 Å². The van der Waals surface area contributed by atoms with Crippen molar-refractivity contribution in [1.82, 2.24) is 10.6 Å². The molecule has 0 spiro atoms. The lowest BCUT2D eigenvalue weighted by Gasteiger charge is -2.37. The molecule has 2 N–H and O–H groups in total. The number of carbonyl (C=O) groups excluding carboxylic acids is 3. The highest BCUT2D eigenvalue weighted by atomic mass is 35.5. The maximum atomic E-state index is 12.6. The highest BCUT2D eigenvalue weighted by Gasteiger charge is 2.47. The third kappa shape index (κ3) is 2.56. The summed E-state index contributed by atoms with van der Waals surface area (Å²) in [4.78, 5) is 41.2. The lowest BCUT2D eigenvalue weighted by molar-refractivity contribution is -0.122. The number of urea groups is 1. The Balaban J connectivity index is 1.95. The molecular formula is C17H13Cl2N3O3. The molecule has 2 atom stereocenters. The van der Waals surface area contributed by atoms with E-state index in [9.17, 15) is 14.4 Å². The van der Waals surface area contributed by atoms with Crippen LogP contribution in [0.25, 0.3) is 0 Å². The second-order valence-electron chi connectivity index (χ2n) is 6.18. The molecule has 25 heavy (non-hydrogen) atoms. The fraction of sp³-hybridized carbons (Fsp3) is 0.294. The van der Waals surface area contributed by atoms with Gasteiger partial charge in [-0.2, -0.15) is 0 Å². The Labute approximate surface area is 153 Å².